The van der Waals surface area contributed by atoms with E-state index in [4.69, 9.17) is 9.84 Å². The lowest BCUT2D eigenvalue weighted by Gasteiger charge is -1.98. The maximum absolute atomic E-state index is 10.6. The quantitative estimate of drug-likeness (QED) is 0.746. The zero-order chi connectivity index (χ0) is 10.6. The van der Waals surface area contributed by atoms with Crippen molar-refractivity contribution in [1.82, 2.24) is 0 Å². The molecule has 0 unspecified atom stereocenters. The van der Waals surface area contributed by atoms with E-state index in [1.54, 1.807) is 18.2 Å². The normalized spacial score (nSPS) is 12.1. The summed E-state index contributed by atoms with van der Waals surface area (Å²) in [4.78, 5) is 10.6. The second-order valence-electron chi connectivity index (χ2n) is 2.73. The molecule has 76 valence electrons. The zero-order valence-corrected chi connectivity index (χ0v) is 8.41. The molecule has 0 amide bonds. The summed E-state index contributed by atoms with van der Waals surface area (Å²) in [5.74, 6) is -0.0651. The smallest absolute Gasteiger partial charge is 0.335 e. The highest BCUT2D eigenvalue weighted by Crippen LogP contribution is 2.25. The van der Waals surface area contributed by atoms with Crippen LogP contribution in [0.4, 0.5) is 0 Å². The molecule has 2 rings (SSSR count). The number of carboxylic acid groups (broad SMARTS) is 1. The zero-order valence-electron chi connectivity index (χ0n) is 8.41. The van der Waals surface area contributed by atoms with Gasteiger partial charge in [0.25, 0.3) is 0 Å². The highest BCUT2D eigenvalue weighted by molar-refractivity contribution is 5.88. The van der Waals surface area contributed by atoms with Crippen LogP contribution in [0.25, 0.3) is 0 Å². The van der Waals surface area contributed by atoms with Crippen LogP contribution in [0.3, 0.4) is 0 Å². The van der Waals surface area contributed by atoms with Crippen molar-refractivity contribution in [3.05, 3.63) is 29.3 Å². The Labute approximate surface area is 83.3 Å². The van der Waals surface area contributed by atoms with E-state index in [0.29, 0.717) is 12.2 Å². The molecule has 1 aliphatic rings. The van der Waals surface area contributed by atoms with Gasteiger partial charge >= 0.3 is 5.97 Å². The molecule has 0 aromatic heterocycles. The lowest BCUT2D eigenvalue weighted by Crippen LogP contribution is -1.95. The van der Waals surface area contributed by atoms with Crippen LogP contribution in [0.1, 0.15) is 29.8 Å². The van der Waals surface area contributed by atoms with Gasteiger partial charge in [0.2, 0.25) is 0 Å². The number of ether oxygens (including phenoxy) is 1. The number of hydrogen-bond donors (Lipinski definition) is 1. The standard InChI is InChI=1S/C9H8O3.C2H6/c10-9(11)7-1-2-8-6(5-7)3-4-12-8;1-2/h1-2,5H,3-4H2,(H,10,11);1-2H3. The molecule has 3 nitrogen and oxygen atoms in total. The van der Waals surface area contributed by atoms with Gasteiger partial charge in [-0.3, -0.25) is 0 Å². The average molecular weight is 194 g/mol. The van der Waals surface area contributed by atoms with Crippen LogP contribution in [0, 0.1) is 0 Å². The number of hydrogen-bond acceptors (Lipinski definition) is 2. The summed E-state index contributed by atoms with van der Waals surface area (Å²) in [6, 6.07) is 4.95. The molecule has 0 bridgehead atoms. The first-order valence-corrected chi connectivity index (χ1v) is 4.76. The summed E-state index contributed by atoms with van der Waals surface area (Å²) in [7, 11) is 0. The Hall–Kier alpha value is -1.51. The molecule has 1 aromatic rings. The van der Waals surface area contributed by atoms with Crippen LogP contribution >= 0.6 is 0 Å². The molecule has 0 saturated heterocycles. The van der Waals surface area contributed by atoms with E-state index >= 15 is 0 Å². The largest absolute Gasteiger partial charge is 0.493 e. The van der Waals surface area contributed by atoms with E-state index in [1.807, 2.05) is 13.8 Å². The lowest BCUT2D eigenvalue weighted by molar-refractivity contribution is 0.0697. The number of aromatic carboxylic acids is 1. The van der Waals surface area contributed by atoms with E-state index in [9.17, 15) is 4.79 Å². The summed E-state index contributed by atoms with van der Waals surface area (Å²) in [6.07, 6.45) is 0.816. The minimum atomic E-state index is -0.885. The van der Waals surface area contributed by atoms with Crippen molar-refractivity contribution in [3.8, 4) is 5.75 Å². The Morgan fingerprint density at radius 1 is 1.43 bits per heavy atom. The van der Waals surface area contributed by atoms with Crippen molar-refractivity contribution >= 4 is 5.97 Å². The minimum Gasteiger partial charge on any atom is -0.493 e. The molecule has 0 aliphatic carbocycles. The van der Waals surface area contributed by atoms with Crippen molar-refractivity contribution in [2.24, 2.45) is 0 Å². The first kappa shape index (κ1) is 10.6. The Balaban J connectivity index is 0.000000461. The van der Waals surface area contributed by atoms with Crippen molar-refractivity contribution in [2.45, 2.75) is 20.3 Å². The van der Waals surface area contributed by atoms with Gasteiger partial charge in [0.15, 0.2) is 0 Å². The van der Waals surface area contributed by atoms with E-state index in [0.717, 1.165) is 17.7 Å². The molecule has 0 fully saturated rings. The number of fused-ring (bicyclic) bond motifs is 1. The predicted molar refractivity (Wildman–Crippen MR) is 53.9 cm³/mol. The first-order valence-electron chi connectivity index (χ1n) is 4.76. The molecule has 14 heavy (non-hydrogen) atoms. The third-order valence-electron chi connectivity index (χ3n) is 1.94. The van der Waals surface area contributed by atoms with E-state index in [-0.39, 0.29) is 0 Å². The van der Waals surface area contributed by atoms with Crippen LogP contribution in [0.15, 0.2) is 18.2 Å². The van der Waals surface area contributed by atoms with Gasteiger partial charge in [0, 0.05) is 6.42 Å². The Kier molecular flexibility index (Phi) is 3.51. The number of carboxylic acids is 1. The molecule has 1 heterocycles. The molecule has 0 saturated carbocycles. The van der Waals surface area contributed by atoms with Crippen molar-refractivity contribution in [3.63, 3.8) is 0 Å². The van der Waals surface area contributed by atoms with Gasteiger partial charge in [-0.25, -0.2) is 4.79 Å². The molecule has 0 spiro atoms. The fourth-order valence-electron chi connectivity index (χ4n) is 1.32. The Bertz CT molecular complexity index is 331. The van der Waals surface area contributed by atoms with Crippen molar-refractivity contribution in [2.75, 3.05) is 6.61 Å². The summed E-state index contributed by atoms with van der Waals surface area (Å²) in [6.45, 7) is 4.67. The monoisotopic (exact) mass is 194 g/mol. The van der Waals surface area contributed by atoms with Gasteiger partial charge in [0.05, 0.1) is 12.2 Å². The highest BCUT2D eigenvalue weighted by Gasteiger charge is 2.13. The van der Waals surface area contributed by atoms with Crippen LogP contribution in [0.5, 0.6) is 5.75 Å². The fourth-order valence-corrected chi connectivity index (χ4v) is 1.32. The maximum atomic E-state index is 10.6. The SMILES string of the molecule is CC.O=C(O)c1ccc2c(c1)CCO2. The third-order valence-corrected chi connectivity index (χ3v) is 1.94. The summed E-state index contributed by atoms with van der Waals surface area (Å²) >= 11 is 0. The second kappa shape index (κ2) is 4.65. The van der Waals surface area contributed by atoms with Crippen LogP contribution in [-0.4, -0.2) is 17.7 Å². The van der Waals surface area contributed by atoms with Crippen molar-refractivity contribution in [1.29, 1.82) is 0 Å². The Morgan fingerprint density at radius 2 is 2.14 bits per heavy atom. The number of carbonyl (C=O) groups is 1. The summed E-state index contributed by atoms with van der Waals surface area (Å²) < 4.78 is 5.24. The molecule has 1 aliphatic heterocycles. The maximum Gasteiger partial charge on any atom is 0.335 e. The summed E-state index contributed by atoms with van der Waals surface area (Å²) in [5, 5.41) is 8.68. The molecule has 3 heteroatoms. The van der Waals surface area contributed by atoms with Crippen LogP contribution < -0.4 is 4.74 Å². The van der Waals surface area contributed by atoms with Crippen LogP contribution in [-0.2, 0) is 6.42 Å². The number of rotatable bonds is 1. The van der Waals surface area contributed by atoms with Gasteiger partial charge in [-0.2, -0.15) is 0 Å². The third kappa shape index (κ3) is 2.05. The average Bonchev–Trinajstić information content (AvgIpc) is 2.67. The van der Waals surface area contributed by atoms with Gasteiger partial charge in [0.1, 0.15) is 5.75 Å². The lowest BCUT2D eigenvalue weighted by atomic mass is 10.1. The van der Waals surface area contributed by atoms with E-state index in [1.165, 1.54) is 0 Å². The molecular formula is C11H14O3. The van der Waals surface area contributed by atoms with Crippen LogP contribution in [0.2, 0.25) is 0 Å². The predicted octanol–water partition coefficient (Wildman–Crippen LogP) is 2.35. The minimum absolute atomic E-state index is 0.333. The van der Waals surface area contributed by atoms with E-state index < -0.39 is 5.97 Å². The molecule has 1 aromatic carbocycles. The second-order valence-corrected chi connectivity index (χ2v) is 2.73. The van der Waals surface area contributed by atoms with Gasteiger partial charge in [-0.05, 0) is 23.8 Å². The van der Waals surface area contributed by atoms with Gasteiger partial charge in [-0.1, -0.05) is 13.8 Å². The fraction of sp³-hybridized carbons (Fsp3) is 0.364. The first-order chi connectivity index (χ1) is 6.77. The molecular weight excluding hydrogens is 180 g/mol. The highest BCUT2D eigenvalue weighted by atomic mass is 16.5. The van der Waals surface area contributed by atoms with Gasteiger partial charge in [-0.15, -0.1) is 0 Å². The molecule has 0 atom stereocenters. The van der Waals surface area contributed by atoms with Crippen molar-refractivity contribution < 1.29 is 14.6 Å². The molecule has 0 radical (unpaired) electrons. The van der Waals surface area contributed by atoms with E-state index in [2.05, 4.69) is 0 Å². The number of benzene rings is 1. The van der Waals surface area contributed by atoms with Gasteiger partial charge < -0.3 is 9.84 Å². The summed E-state index contributed by atoms with van der Waals surface area (Å²) in [5.41, 5.74) is 1.33. The molecule has 1 N–H and O–H groups in total. The Morgan fingerprint density at radius 3 is 2.79 bits per heavy atom. The topological polar surface area (TPSA) is 46.5 Å².